The average molecular weight is 260 g/mol. The van der Waals surface area contributed by atoms with Gasteiger partial charge in [0.2, 0.25) is 5.91 Å². The lowest BCUT2D eigenvalue weighted by molar-refractivity contribution is -0.140. The minimum atomic E-state index is -0.0831. The number of rotatable bonds is 1. The molecule has 0 bridgehead atoms. The highest BCUT2D eigenvalue weighted by molar-refractivity contribution is 5.82. The molecule has 4 nitrogen and oxygen atoms in total. The molecule has 2 unspecified atom stereocenters. The fraction of sp³-hybridized carbons (Fsp3) is 0.533. The van der Waals surface area contributed by atoms with Crippen LogP contribution in [-0.4, -0.2) is 42.6 Å². The number of nitrogens with one attached hydrogen (secondary N) is 1. The summed E-state index contributed by atoms with van der Waals surface area (Å²) in [6.07, 6.45) is 0.939. The molecule has 4 heteroatoms. The highest BCUT2D eigenvalue weighted by Gasteiger charge is 2.30. The Bertz CT molecular complexity index is 475. The summed E-state index contributed by atoms with van der Waals surface area (Å²) in [5, 5.41) is 3.36. The number of carbonyl (C=O) groups is 1. The molecule has 1 N–H and O–H groups in total. The van der Waals surface area contributed by atoms with Crippen LogP contribution >= 0.6 is 0 Å². The van der Waals surface area contributed by atoms with Crippen LogP contribution in [0.25, 0.3) is 0 Å². The van der Waals surface area contributed by atoms with Crippen molar-refractivity contribution in [1.82, 2.24) is 10.2 Å². The van der Waals surface area contributed by atoms with Gasteiger partial charge in [-0.3, -0.25) is 4.79 Å². The first kappa shape index (κ1) is 12.6. The van der Waals surface area contributed by atoms with E-state index in [-0.39, 0.29) is 18.1 Å². The van der Waals surface area contributed by atoms with Crippen molar-refractivity contribution < 1.29 is 9.53 Å². The molecule has 1 amide bonds. The zero-order valence-corrected chi connectivity index (χ0v) is 11.3. The first-order valence-corrected chi connectivity index (χ1v) is 6.94. The summed E-state index contributed by atoms with van der Waals surface area (Å²) in [5.41, 5.74) is 2.60. The maximum atomic E-state index is 12.5. The zero-order chi connectivity index (χ0) is 13.2. The van der Waals surface area contributed by atoms with Gasteiger partial charge in [-0.25, -0.2) is 0 Å². The van der Waals surface area contributed by atoms with Crippen LogP contribution in [0.2, 0.25) is 0 Å². The Labute approximate surface area is 113 Å². The van der Waals surface area contributed by atoms with Gasteiger partial charge in [-0.1, -0.05) is 24.3 Å². The van der Waals surface area contributed by atoms with E-state index < -0.39 is 0 Å². The van der Waals surface area contributed by atoms with Gasteiger partial charge < -0.3 is 15.0 Å². The van der Waals surface area contributed by atoms with Crippen LogP contribution < -0.4 is 5.32 Å². The van der Waals surface area contributed by atoms with Crippen molar-refractivity contribution in [2.45, 2.75) is 32.0 Å². The SMILES string of the molecule is CC1CN(C(=O)C2Cc3ccccc3CN2)CCO1. The lowest BCUT2D eigenvalue weighted by Crippen LogP contribution is -2.53. The van der Waals surface area contributed by atoms with Crippen molar-refractivity contribution in [2.24, 2.45) is 0 Å². The van der Waals surface area contributed by atoms with E-state index in [1.807, 2.05) is 24.0 Å². The van der Waals surface area contributed by atoms with Gasteiger partial charge in [-0.05, 0) is 24.5 Å². The van der Waals surface area contributed by atoms with E-state index in [4.69, 9.17) is 4.74 Å². The number of carbonyl (C=O) groups excluding carboxylic acids is 1. The minimum absolute atomic E-state index is 0.0831. The first-order chi connectivity index (χ1) is 9.24. The Morgan fingerprint density at radius 3 is 2.95 bits per heavy atom. The number of morpholine rings is 1. The lowest BCUT2D eigenvalue weighted by atomic mass is 9.95. The molecule has 1 aromatic rings. The van der Waals surface area contributed by atoms with Crippen LogP contribution in [0.1, 0.15) is 18.1 Å². The molecule has 0 radical (unpaired) electrons. The van der Waals surface area contributed by atoms with Gasteiger partial charge in [-0.2, -0.15) is 0 Å². The van der Waals surface area contributed by atoms with E-state index >= 15 is 0 Å². The third-order valence-electron chi connectivity index (χ3n) is 3.93. The van der Waals surface area contributed by atoms with Gasteiger partial charge >= 0.3 is 0 Å². The Balaban J connectivity index is 1.69. The van der Waals surface area contributed by atoms with Crippen molar-refractivity contribution in [2.75, 3.05) is 19.7 Å². The van der Waals surface area contributed by atoms with E-state index in [1.165, 1.54) is 11.1 Å². The van der Waals surface area contributed by atoms with Gasteiger partial charge in [-0.15, -0.1) is 0 Å². The van der Waals surface area contributed by atoms with Crippen molar-refractivity contribution in [3.05, 3.63) is 35.4 Å². The number of hydrogen-bond acceptors (Lipinski definition) is 3. The van der Waals surface area contributed by atoms with Gasteiger partial charge in [0.25, 0.3) is 0 Å². The number of fused-ring (bicyclic) bond motifs is 1. The van der Waals surface area contributed by atoms with Crippen LogP contribution in [0.5, 0.6) is 0 Å². The largest absolute Gasteiger partial charge is 0.375 e. The quantitative estimate of drug-likeness (QED) is 0.817. The molecule has 2 aliphatic heterocycles. The maximum Gasteiger partial charge on any atom is 0.240 e. The number of benzene rings is 1. The second kappa shape index (κ2) is 5.31. The van der Waals surface area contributed by atoms with E-state index in [0.717, 1.165) is 13.0 Å². The molecule has 2 atom stereocenters. The summed E-state index contributed by atoms with van der Waals surface area (Å²) in [4.78, 5) is 14.4. The van der Waals surface area contributed by atoms with Gasteiger partial charge in [0.05, 0.1) is 18.8 Å². The second-order valence-electron chi connectivity index (χ2n) is 5.37. The van der Waals surface area contributed by atoms with Crippen LogP contribution in [0.4, 0.5) is 0 Å². The molecule has 0 spiro atoms. The van der Waals surface area contributed by atoms with Crippen LogP contribution in [0.15, 0.2) is 24.3 Å². The molecule has 0 aliphatic carbocycles. The Morgan fingerprint density at radius 2 is 2.16 bits per heavy atom. The highest BCUT2D eigenvalue weighted by Crippen LogP contribution is 2.18. The molecular weight excluding hydrogens is 240 g/mol. The maximum absolute atomic E-state index is 12.5. The van der Waals surface area contributed by atoms with E-state index in [9.17, 15) is 4.79 Å². The Hall–Kier alpha value is -1.39. The average Bonchev–Trinajstić information content (AvgIpc) is 2.46. The molecule has 1 saturated heterocycles. The third-order valence-corrected chi connectivity index (χ3v) is 3.93. The standard InChI is InChI=1S/C15H20N2O2/c1-11-10-17(6-7-19-11)15(18)14-8-12-4-2-3-5-13(12)9-16-14/h2-5,11,14,16H,6-10H2,1H3. The van der Waals surface area contributed by atoms with Crippen LogP contribution in [-0.2, 0) is 22.5 Å². The smallest absolute Gasteiger partial charge is 0.240 e. The van der Waals surface area contributed by atoms with Crippen molar-refractivity contribution >= 4 is 5.91 Å². The molecule has 2 heterocycles. The molecule has 1 fully saturated rings. The summed E-state index contributed by atoms with van der Waals surface area (Å²) in [6.45, 7) is 4.87. The molecule has 0 saturated carbocycles. The summed E-state index contributed by atoms with van der Waals surface area (Å²) in [6, 6.07) is 8.26. The number of amides is 1. The molecule has 1 aromatic carbocycles. The third kappa shape index (κ3) is 2.65. The normalized spacial score (nSPS) is 26.9. The van der Waals surface area contributed by atoms with Crippen LogP contribution in [0, 0.1) is 0 Å². The zero-order valence-electron chi connectivity index (χ0n) is 11.3. The molecule has 0 aromatic heterocycles. The van der Waals surface area contributed by atoms with Gasteiger partial charge in [0, 0.05) is 19.6 Å². The highest BCUT2D eigenvalue weighted by atomic mass is 16.5. The van der Waals surface area contributed by atoms with Crippen molar-refractivity contribution in [3.63, 3.8) is 0 Å². The molecule has 2 aliphatic rings. The fourth-order valence-electron chi connectivity index (χ4n) is 2.87. The number of ether oxygens (including phenoxy) is 1. The summed E-state index contributed by atoms with van der Waals surface area (Å²) < 4.78 is 5.49. The van der Waals surface area contributed by atoms with Gasteiger partial charge in [0.15, 0.2) is 0 Å². The van der Waals surface area contributed by atoms with E-state index in [2.05, 4.69) is 17.4 Å². The number of hydrogen-bond donors (Lipinski definition) is 1. The summed E-state index contributed by atoms with van der Waals surface area (Å²) in [5.74, 6) is 0.213. The number of nitrogens with zero attached hydrogens (tertiary/aromatic N) is 1. The molecular formula is C15H20N2O2. The predicted molar refractivity (Wildman–Crippen MR) is 72.8 cm³/mol. The summed E-state index contributed by atoms with van der Waals surface area (Å²) in [7, 11) is 0. The molecule has 102 valence electrons. The van der Waals surface area contributed by atoms with E-state index in [1.54, 1.807) is 0 Å². The minimum Gasteiger partial charge on any atom is -0.375 e. The van der Waals surface area contributed by atoms with Crippen LogP contribution in [0.3, 0.4) is 0 Å². The van der Waals surface area contributed by atoms with E-state index in [0.29, 0.717) is 19.7 Å². The van der Waals surface area contributed by atoms with Gasteiger partial charge in [0.1, 0.15) is 0 Å². The topological polar surface area (TPSA) is 41.6 Å². The lowest BCUT2D eigenvalue weighted by Gasteiger charge is -2.35. The second-order valence-corrected chi connectivity index (χ2v) is 5.37. The Kier molecular flexibility index (Phi) is 3.53. The molecule has 3 rings (SSSR count). The fourth-order valence-corrected chi connectivity index (χ4v) is 2.87. The predicted octanol–water partition coefficient (Wildman–Crippen LogP) is 0.948. The Morgan fingerprint density at radius 1 is 1.37 bits per heavy atom. The monoisotopic (exact) mass is 260 g/mol. The summed E-state index contributed by atoms with van der Waals surface area (Å²) >= 11 is 0. The first-order valence-electron chi connectivity index (χ1n) is 6.94. The van der Waals surface area contributed by atoms with Crippen molar-refractivity contribution in [1.29, 1.82) is 0 Å². The van der Waals surface area contributed by atoms with Crippen molar-refractivity contribution in [3.8, 4) is 0 Å². The molecule has 19 heavy (non-hydrogen) atoms.